The third kappa shape index (κ3) is 5.18. The molecule has 0 aliphatic rings. The Morgan fingerprint density at radius 2 is 1.93 bits per heavy atom. The Labute approximate surface area is 170 Å². The number of carbonyl (C=O) groups is 1. The van der Waals surface area contributed by atoms with Gasteiger partial charge < -0.3 is 5.32 Å². The van der Waals surface area contributed by atoms with Crippen LogP contribution in [0.1, 0.15) is 18.9 Å². The maximum atomic E-state index is 13.0. The van der Waals surface area contributed by atoms with E-state index in [2.05, 4.69) is 5.32 Å². The fourth-order valence-electron chi connectivity index (χ4n) is 2.74. The van der Waals surface area contributed by atoms with Crippen LogP contribution in [0, 0.1) is 6.92 Å². The van der Waals surface area contributed by atoms with Gasteiger partial charge in [-0.3, -0.25) is 9.10 Å². The number of nitrogens with zero attached hydrogens (tertiary/aromatic N) is 1. The van der Waals surface area contributed by atoms with Crippen molar-refractivity contribution in [2.24, 2.45) is 0 Å². The van der Waals surface area contributed by atoms with Crippen LogP contribution in [-0.4, -0.2) is 32.9 Å². The van der Waals surface area contributed by atoms with Gasteiger partial charge in [0.2, 0.25) is 15.9 Å². The van der Waals surface area contributed by atoms with Crippen molar-refractivity contribution in [3.8, 4) is 0 Å². The molecule has 0 aliphatic heterocycles. The molecule has 0 fully saturated rings. The lowest BCUT2D eigenvalue weighted by atomic mass is 10.1. The molecule has 2 rings (SSSR count). The molecule has 1 atom stereocenters. The predicted octanol–water partition coefficient (Wildman–Crippen LogP) is 4.55. The Hall–Kier alpha value is -1.70. The van der Waals surface area contributed by atoms with Gasteiger partial charge in [0.15, 0.2) is 0 Å². The molecule has 2 aromatic carbocycles. The first kappa shape index (κ1) is 21.6. The molecule has 27 heavy (non-hydrogen) atoms. The number of carbonyl (C=O) groups excluding carboxylic acids is 1. The SMILES string of the molecule is CC[C@@H](C(=O)Nc1ccccc1SC)N(c1ccc(C)c(Cl)c1)S(C)(=O)=O. The lowest BCUT2D eigenvalue weighted by Crippen LogP contribution is -2.47. The van der Waals surface area contributed by atoms with Crippen molar-refractivity contribution in [2.45, 2.75) is 31.2 Å². The van der Waals surface area contributed by atoms with Gasteiger partial charge in [0.05, 0.1) is 17.6 Å². The number of sulfonamides is 1. The number of para-hydroxylation sites is 1. The lowest BCUT2D eigenvalue weighted by molar-refractivity contribution is -0.117. The molecule has 0 unspecified atom stereocenters. The van der Waals surface area contributed by atoms with Gasteiger partial charge in [0, 0.05) is 9.92 Å². The first-order valence-corrected chi connectivity index (χ1v) is 11.8. The smallest absolute Gasteiger partial charge is 0.248 e. The Bertz CT molecular complexity index is 932. The Morgan fingerprint density at radius 1 is 1.26 bits per heavy atom. The molecule has 0 heterocycles. The molecule has 0 aromatic heterocycles. The van der Waals surface area contributed by atoms with E-state index in [4.69, 9.17) is 11.6 Å². The quantitative estimate of drug-likeness (QED) is 0.659. The van der Waals surface area contributed by atoms with E-state index in [1.165, 1.54) is 11.8 Å². The zero-order chi connectivity index (χ0) is 20.2. The van der Waals surface area contributed by atoms with Crippen LogP contribution in [0.25, 0.3) is 0 Å². The topological polar surface area (TPSA) is 66.5 Å². The molecule has 5 nitrogen and oxygen atoms in total. The molecule has 0 aliphatic carbocycles. The maximum Gasteiger partial charge on any atom is 0.248 e. The third-order valence-corrected chi connectivity index (χ3v) is 6.49. The number of benzene rings is 2. The number of halogens is 1. The van der Waals surface area contributed by atoms with E-state index in [0.717, 1.165) is 21.0 Å². The molecule has 0 bridgehead atoms. The van der Waals surface area contributed by atoms with Crippen molar-refractivity contribution < 1.29 is 13.2 Å². The molecule has 0 saturated heterocycles. The standard InChI is InChI=1S/C19H23ClN2O3S2/c1-5-17(19(23)21-16-8-6-7-9-18(16)26-3)22(27(4,24)25)14-11-10-13(2)15(20)12-14/h6-12,17H,5H2,1-4H3,(H,21,23)/t17-/m0/s1. The van der Waals surface area contributed by atoms with Gasteiger partial charge in [-0.05, 0) is 49.4 Å². The van der Waals surface area contributed by atoms with Crippen molar-refractivity contribution in [1.29, 1.82) is 0 Å². The van der Waals surface area contributed by atoms with Gasteiger partial charge in [-0.1, -0.05) is 36.7 Å². The van der Waals surface area contributed by atoms with Crippen LogP contribution >= 0.6 is 23.4 Å². The molecule has 1 N–H and O–H groups in total. The van der Waals surface area contributed by atoms with E-state index < -0.39 is 16.1 Å². The minimum absolute atomic E-state index is 0.311. The van der Waals surface area contributed by atoms with Gasteiger partial charge in [-0.15, -0.1) is 11.8 Å². The van der Waals surface area contributed by atoms with Crippen molar-refractivity contribution >= 4 is 50.7 Å². The molecule has 8 heteroatoms. The van der Waals surface area contributed by atoms with Crippen LogP contribution in [0.2, 0.25) is 5.02 Å². The second kappa shape index (κ2) is 8.99. The Kier molecular flexibility index (Phi) is 7.19. The van der Waals surface area contributed by atoms with Crippen molar-refractivity contribution in [3.05, 3.63) is 53.1 Å². The highest BCUT2D eigenvalue weighted by atomic mass is 35.5. The highest BCUT2D eigenvalue weighted by Crippen LogP contribution is 2.29. The first-order chi connectivity index (χ1) is 12.7. The van der Waals surface area contributed by atoms with E-state index in [9.17, 15) is 13.2 Å². The van der Waals surface area contributed by atoms with Gasteiger partial charge in [0.1, 0.15) is 6.04 Å². The van der Waals surface area contributed by atoms with Crippen LogP contribution in [0.3, 0.4) is 0 Å². The summed E-state index contributed by atoms with van der Waals surface area (Å²) >= 11 is 7.69. The van der Waals surface area contributed by atoms with E-state index in [-0.39, 0.29) is 5.91 Å². The summed E-state index contributed by atoms with van der Waals surface area (Å²) in [6.07, 6.45) is 3.32. The molecule has 2 aromatic rings. The molecule has 1 amide bonds. The predicted molar refractivity (Wildman–Crippen MR) is 114 cm³/mol. The second-order valence-corrected chi connectivity index (χ2v) is 9.22. The van der Waals surface area contributed by atoms with Crippen LogP contribution in [0.5, 0.6) is 0 Å². The third-order valence-electron chi connectivity index (χ3n) is 4.10. The van der Waals surface area contributed by atoms with E-state index in [1.807, 2.05) is 31.4 Å². The second-order valence-electron chi connectivity index (χ2n) is 6.11. The largest absolute Gasteiger partial charge is 0.323 e. The zero-order valence-corrected chi connectivity index (χ0v) is 18.1. The van der Waals surface area contributed by atoms with Gasteiger partial charge in [-0.2, -0.15) is 0 Å². The van der Waals surface area contributed by atoms with Crippen LogP contribution in [0.15, 0.2) is 47.4 Å². The summed E-state index contributed by atoms with van der Waals surface area (Å²) < 4.78 is 26.1. The number of amides is 1. The fourth-order valence-corrected chi connectivity index (χ4v) is 4.68. The van der Waals surface area contributed by atoms with Crippen molar-refractivity contribution in [2.75, 3.05) is 22.1 Å². The zero-order valence-electron chi connectivity index (χ0n) is 15.7. The fraction of sp³-hybridized carbons (Fsp3) is 0.316. The lowest BCUT2D eigenvalue weighted by Gasteiger charge is -2.30. The average molecular weight is 427 g/mol. The number of hydrogen-bond donors (Lipinski definition) is 1. The highest BCUT2D eigenvalue weighted by molar-refractivity contribution is 7.98. The molecular weight excluding hydrogens is 404 g/mol. The monoisotopic (exact) mass is 426 g/mol. The minimum atomic E-state index is -3.70. The summed E-state index contributed by atoms with van der Waals surface area (Å²) in [6, 6.07) is 11.5. The average Bonchev–Trinajstić information content (AvgIpc) is 2.61. The molecule has 0 saturated carbocycles. The molecule has 0 spiro atoms. The number of rotatable bonds is 7. The number of hydrogen-bond acceptors (Lipinski definition) is 4. The van der Waals surface area contributed by atoms with Crippen LogP contribution in [0.4, 0.5) is 11.4 Å². The summed E-state index contributed by atoms with van der Waals surface area (Å²) in [6.45, 7) is 3.61. The maximum absolute atomic E-state index is 13.0. The number of thioether (sulfide) groups is 1. The summed E-state index contributed by atoms with van der Waals surface area (Å²) in [7, 11) is -3.70. The van der Waals surface area contributed by atoms with E-state index in [1.54, 1.807) is 31.2 Å². The van der Waals surface area contributed by atoms with Crippen LogP contribution < -0.4 is 9.62 Å². The van der Waals surface area contributed by atoms with E-state index >= 15 is 0 Å². The van der Waals surface area contributed by atoms with Crippen molar-refractivity contribution in [1.82, 2.24) is 0 Å². The summed E-state index contributed by atoms with van der Waals surface area (Å²) in [5.41, 5.74) is 1.86. The first-order valence-electron chi connectivity index (χ1n) is 8.38. The summed E-state index contributed by atoms with van der Waals surface area (Å²) in [5.74, 6) is -0.388. The summed E-state index contributed by atoms with van der Waals surface area (Å²) in [4.78, 5) is 13.9. The van der Waals surface area contributed by atoms with Crippen molar-refractivity contribution in [3.63, 3.8) is 0 Å². The number of anilines is 2. The highest BCUT2D eigenvalue weighted by Gasteiger charge is 2.32. The van der Waals surface area contributed by atoms with E-state index in [0.29, 0.717) is 22.8 Å². The number of aryl methyl sites for hydroxylation is 1. The minimum Gasteiger partial charge on any atom is -0.323 e. The Morgan fingerprint density at radius 3 is 2.48 bits per heavy atom. The summed E-state index contributed by atoms with van der Waals surface area (Å²) in [5, 5.41) is 3.31. The number of nitrogens with one attached hydrogen (secondary N) is 1. The van der Waals surface area contributed by atoms with Crippen LogP contribution in [-0.2, 0) is 14.8 Å². The molecular formula is C19H23ClN2O3S2. The molecule has 0 radical (unpaired) electrons. The Balaban J connectivity index is 2.43. The van der Waals surface area contributed by atoms with Gasteiger partial charge >= 0.3 is 0 Å². The normalized spacial score (nSPS) is 12.5. The molecule has 146 valence electrons. The van der Waals surface area contributed by atoms with Gasteiger partial charge in [0.25, 0.3) is 0 Å². The van der Waals surface area contributed by atoms with Gasteiger partial charge in [-0.25, -0.2) is 8.42 Å².